The standard InChI is InChI=1S/C14H16N2O4S/c1-15-21(18,19)13-6-4-11(5-7-13)14(17)16-9-8-12-3-2-10-20-12/h2-7,10,15H,8-9H2,1H3,(H,16,17). The molecule has 1 heterocycles. The molecule has 6 nitrogen and oxygen atoms in total. The van der Waals surface area contributed by atoms with E-state index in [9.17, 15) is 13.2 Å². The molecule has 0 bridgehead atoms. The van der Waals surface area contributed by atoms with Crippen molar-refractivity contribution >= 4 is 15.9 Å². The van der Waals surface area contributed by atoms with Gasteiger partial charge in [0, 0.05) is 18.5 Å². The number of hydrogen-bond donors (Lipinski definition) is 2. The molecule has 1 aromatic heterocycles. The molecule has 0 fully saturated rings. The molecule has 0 saturated heterocycles. The van der Waals surface area contributed by atoms with E-state index in [1.165, 1.54) is 31.3 Å². The van der Waals surface area contributed by atoms with Crippen molar-refractivity contribution in [1.82, 2.24) is 10.0 Å². The van der Waals surface area contributed by atoms with Crippen molar-refractivity contribution in [3.8, 4) is 0 Å². The average molecular weight is 308 g/mol. The Kier molecular flexibility index (Phi) is 4.77. The number of rotatable bonds is 6. The van der Waals surface area contributed by atoms with Crippen LogP contribution in [0.1, 0.15) is 16.1 Å². The van der Waals surface area contributed by atoms with Crippen LogP contribution in [0.2, 0.25) is 0 Å². The molecule has 0 aliphatic carbocycles. The fourth-order valence-corrected chi connectivity index (χ4v) is 2.49. The lowest BCUT2D eigenvalue weighted by atomic mass is 10.2. The summed E-state index contributed by atoms with van der Waals surface area (Å²) in [6, 6.07) is 9.38. The van der Waals surface area contributed by atoms with Gasteiger partial charge in [-0.15, -0.1) is 0 Å². The molecule has 0 saturated carbocycles. The number of amides is 1. The van der Waals surface area contributed by atoms with Crippen LogP contribution in [0.15, 0.2) is 52.0 Å². The summed E-state index contributed by atoms with van der Waals surface area (Å²) < 4.78 is 30.5. The Balaban J connectivity index is 1.94. The number of benzene rings is 1. The van der Waals surface area contributed by atoms with Gasteiger partial charge in [-0.1, -0.05) is 0 Å². The minimum absolute atomic E-state index is 0.122. The fraction of sp³-hybridized carbons (Fsp3) is 0.214. The highest BCUT2D eigenvalue weighted by atomic mass is 32.2. The Hall–Kier alpha value is -2.12. The van der Waals surface area contributed by atoms with Crippen LogP contribution in [0.3, 0.4) is 0 Å². The number of nitrogens with one attached hydrogen (secondary N) is 2. The largest absolute Gasteiger partial charge is 0.469 e. The summed E-state index contributed by atoms with van der Waals surface area (Å²) in [4.78, 5) is 12.0. The summed E-state index contributed by atoms with van der Waals surface area (Å²) in [5, 5.41) is 2.75. The van der Waals surface area contributed by atoms with Crippen LogP contribution in [0, 0.1) is 0 Å². The number of carbonyl (C=O) groups is 1. The molecular formula is C14H16N2O4S. The smallest absolute Gasteiger partial charge is 0.251 e. The van der Waals surface area contributed by atoms with Gasteiger partial charge in [-0.25, -0.2) is 13.1 Å². The molecule has 0 unspecified atom stereocenters. The van der Waals surface area contributed by atoms with Gasteiger partial charge in [0.2, 0.25) is 10.0 Å². The molecule has 1 amide bonds. The summed E-state index contributed by atoms with van der Waals surface area (Å²) in [7, 11) is -2.14. The predicted molar refractivity (Wildman–Crippen MR) is 77.4 cm³/mol. The molecular weight excluding hydrogens is 292 g/mol. The molecule has 112 valence electrons. The Labute approximate surface area is 123 Å². The number of furan rings is 1. The first-order valence-electron chi connectivity index (χ1n) is 6.37. The predicted octanol–water partition coefficient (Wildman–Crippen LogP) is 1.16. The van der Waals surface area contributed by atoms with Gasteiger partial charge in [0.25, 0.3) is 5.91 Å². The minimum atomic E-state index is -3.48. The quantitative estimate of drug-likeness (QED) is 0.838. The van der Waals surface area contributed by atoms with E-state index in [1.807, 2.05) is 6.07 Å². The van der Waals surface area contributed by atoms with Crippen LogP contribution in [0.5, 0.6) is 0 Å². The molecule has 0 atom stereocenters. The van der Waals surface area contributed by atoms with Gasteiger partial charge in [-0.05, 0) is 43.4 Å². The van der Waals surface area contributed by atoms with E-state index >= 15 is 0 Å². The Bertz CT molecular complexity index is 691. The fourth-order valence-electron chi connectivity index (χ4n) is 1.76. The molecule has 1 aromatic carbocycles. The van der Waals surface area contributed by atoms with Crippen LogP contribution in [-0.4, -0.2) is 27.9 Å². The van der Waals surface area contributed by atoms with E-state index in [2.05, 4.69) is 10.0 Å². The first-order valence-corrected chi connectivity index (χ1v) is 7.85. The molecule has 21 heavy (non-hydrogen) atoms. The third-order valence-electron chi connectivity index (χ3n) is 2.93. The summed E-state index contributed by atoms with van der Waals surface area (Å²) >= 11 is 0. The number of sulfonamides is 1. The van der Waals surface area contributed by atoms with Crippen LogP contribution in [-0.2, 0) is 16.4 Å². The maximum atomic E-state index is 11.9. The van der Waals surface area contributed by atoms with Gasteiger partial charge < -0.3 is 9.73 Å². The first kappa shape index (κ1) is 15.3. The third kappa shape index (κ3) is 3.93. The Morgan fingerprint density at radius 1 is 1.19 bits per heavy atom. The van der Waals surface area contributed by atoms with Crippen LogP contribution < -0.4 is 10.0 Å². The lowest BCUT2D eigenvalue weighted by Crippen LogP contribution is -2.25. The van der Waals surface area contributed by atoms with Crippen molar-refractivity contribution < 1.29 is 17.6 Å². The normalized spacial score (nSPS) is 11.3. The molecule has 0 aliphatic heterocycles. The first-order chi connectivity index (χ1) is 10.0. The maximum absolute atomic E-state index is 11.9. The zero-order valence-corrected chi connectivity index (χ0v) is 12.3. The van der Waals surface area contributed by atoms with Crippen molar-refractivity contribution in [2.75, 3.05) is 13.6 Å². The molecule has 2 aromatic rings. The Morgan fingerprint density at radius 2 is 1.90 bits per heavy atom. The summed E-state index contributed by atoms with van der Waals surface area (Å²) in [6.07, 6.45) is 2.18. The third-order valence-corrected chi connectivity index (χ3v) is 4.36. The molecule has 0 spiro atoms. The number of carbonyl (C=O) groups excluding carboxylic acids is 1. The van der Waals surface area contributed by atoms with Crippen molar-refractivity contribution in [2.24, 2.45) is 0 Å². The highest BCUT2D eigenvalue weighted by Crippen LogP contribution is 2.10. The van der Waals surface area contributed by atoms with E-state index in [-0.39, 0.29) is 10.8 Å². The zero-order valence-electron chi connectivity index (χ0n) is 11.5. The van der Waals surface area contributed by atoms with E-state index in [1.54, 1.807) is 12.3 Å². The van der Waals surface area contributed by atoms with Gasteiger partial charge in [-0.3, -0.25) is 4.79 Å². The summed E-state index contributed by atoms with van der Waals surface area (Å²) in [6.45, 7) is 0.447. The molecule has 0 aliphatic rings. The van der Waals surface area contributed by atoms with Crippen LogP contribution in [0.25, 0.3) is 0 Å². The van der Waals surface area contributed by atoms with E-state index in [0.717, 1.165) is 5.76 Å². The highest BCUT2D eigenvalue weighted by molar-refractivity contribution is 7.89. The second-order valence-corrected chi connectivity index (χ2v) is 6.20. The van der Waals surface area contributed by atoms with Crippen LogP contribution in [0.4, 0.5) is 0 Å². The van der Waals surface area contributed by atoms with Crippen LogP contribution >= 0.6 is 0 Å². The van der Waals surface area contributed by atoms with E-state index in [0.29, 0.717) is 18.5 Å². The number of hydrogen-bond acceptors (Lipinski definition) is 4. The molecule has 2 rings (SSSR count). The lowest BCUT2D eigenvalue weighted by molar-refractivity contribution is 0.0953. The lowest BCUT2D eigenvalue weighted by Gasteiger charge is -2.06. The second kappa shape index (κ2) is 6.55. The second-order valence-electron chi connectivity index (χ2n) is 4.32. The summed E-state index contributed by atoms with van der Waals surface area (Å²) in [5.74, 6) is 0.542. The van der Waals surface area contributed by atoms with Crippen molar-refractivity contribution in [3.05, 3.63) is 54.0 Å². The molecule has 7 heteroatoms. The van der Waals surface area contributed by atoms with Crippen molar-refractivity contribution in [1.29, 1.82) is 0 Å². The topological polar surface area (TPSA) is 88.4 Å². The molecule has 2 N–H and O–H groups in total. The summed E-state index contributed by atoms with van der Waals surface area (Å²) in [5.41, 5.74) is 0.407. The van der Waals surface area contributed by atoms with E-state index < -0.39 is 10.0 Å². The van der Waals surface area contributed by atoms with Crippen molar-refractivity contribution in [3.63, 3.8) is 0 Å². The van der Waals surface area contributed by atoms with Crippen molar-refractivity contribution in [2.45, 2.75) is 11.3 Å². The van der Waals surface area contributed by atoms with Gasteiger partial charge in [0.15, 0.2) is 0 Å². The van der Waals surface area contributed by atoms with Gasteiger partial charge in [0.05, 0.1) is 11.2 Å². The Morgan fingerprint density at radius 3 is 2.48 bits per heavy atom. The monoisotopic (exact) mass is 308 g/mol. The minimum Gasteiger partial charge on any atom is -0.469 e. The zero-order chi connectivity index (χ0) is 15.3. The van der Waals surface area contributed by atoms with Gasteiger partial charge >= 0.3 is 0 Å². The van der Waals surface area contributed by atoms with Gasteiger partial charge in [0.1, 0.15) is 5.76 Å². The molecule has 0 radical (unpaired) electrons. The maximum Gasteiger partial charge on any atom is 0.251 e. The van der Waals surface area contributed by atoms with E-state index in [4.69, 9.17) is 4.42 Å². The highest BCUT2D eigenvalue weighted by Gasteiger charge is 2.12. The van der Waals surface area contributed by atoms with Gasteiger partial charge in [-0.2, -0.15) is 0 Å². The average Bonchev–Trinajstić information content (AvgIpc) is 3.00. The SMILES string of the molecule is CNS(=O)(=O)c1ccc(C(=O)NCCc2ccco2)cc1.